The molecule has 0 heterocycles. The third-order valence-electron chi connectivity index (χ3n) is 1.41. The van der Waals surface area contributed by atoms with E-state index in [-0.39, 0.29) is 5.54 Å². The maximum atomic E-state index is 10.9. The van der Waals surface area contributed by atoms with Crippen molar-refractivity contribution >= 4 is 6.09 Å². The predicted molar refractivity (Wildman–Crippen MR) is 39.6 cm³/mol. The summed E-state index contributed by atoms with van der Waals surface area (Å²) in [5.74, 6) is 0. The molecule has 0 saturated heterocycles. The molecule has 4 heteroatoms. The Kier molecular flexibility index (Phi) is 2.87. The van der Waals surface area contributed by atoms with Crippen LogP contribution in [0.25, 0.3) is 0 Å². The largest absolute Gasteiger partial charge is 0.425 e. The van der Waals surface area contributed by atoms with Crippen molar-refractivity contribution in [2.45, 2.75) is 26.3 Å². The van der Waals surface area contributed by atoms with Crippen LogP contribution in [-0.4, -0.2) is 23.6 Å². The molecule has 0 atom stereocenters. The first-order chi connectivity index (χ1) is 4.89. The van der Waals surface area contributed by atoms with Crippen molar-refractivity contribution < 1.29 is 9.53 Å². The van der Waals surface area contributed by atoms with Gasteiger partial charge in [0.05, 0.1) is 0 Å². The molecular weight excluding hydrogens is 144 g/mol. The van der Waals surface area contributed by atoms with E-state index in [0.717, 1.165) is 0 Å². The van der Waals surface area contributed by atoms with Gasteiger partial charge in [0.25, 0.3) is 6.26 Å². The summed E-state index contributed by atoms with van der Waals surface area (Å²) in [6, 6.07) is 0. The number of hydrogen-bond acceptors (Lipinski definition) is 3. The lowest BCUT2D eigenvalue weighted by Crippen LogP contribution is -2.42. The van der Waals surface area contributed by atoms with Crippen molar-refractivity contribution in [3.63, 3.8) is 0 Å². The van der Waals surface area contributed by atoms with E-state index in [1.165, 1.54) is 11.2 Å². The number of rotatable bonds is 0. The van der Waals surface area contributed by atoms with Crippen LogP contribution in [0.5, 0.6) is 0 Å². The number of carbonyl (C=O) groups is 1. The van der Waals surface area contributed by atoms with E-state index in [4.69, 9.17) is 5.26 Å². The van der Waals surface area contributed by atoms with Crippen molar-refractivity contribution in [2.75, 3.05) is 7.05 Å². The molecule has 11 heavy (non-hydrogen) atoms. The predicted octanol–water partition coefficient (Wildman–Crippen LogP) is 1.33. The van der Waals surface area contributed by atoms with Crippen LogP contribution in [-0.2, 0) is 4.74 Å². The lowest BCUT2D eigenvalue weighted by Gasteiger charge is -2.29. The van der Waals surface area contributed by atoms with Crippen LogP contribution in [0.4, 0.5) is 4.79 Å². The smallest absolute Gasteiger partial charge is 0.333 e. The molecule has 0 aromatic carbocycles. The van der Waals surface area contributed by atoms with E-state index in [0.29, 0.717) is 0 Å². The van der Waals surface area contributed by atoms with Crippen LogP contribution in [0, 0.1) is 11.5 Å². The van der Waals surface area contributed by atoms with Crippen LogP contribution in [0.3, 0.4) is 0 Å². The molecule has 0 spiro atoms. The van der Waals surface area contributed by atoms with Gasteiger partial charge in [-0.2, -0.15) is 0 Å². The molecule has 0 aliphatic carbocycles. The molecule has 0 fully saturated rings. The zero-order chi connectivity index (χ0) is 9.07. The van der Waals surface area contributed by atoms with Crippen LogP contribution < -0.4 is 0 Å². The van der Waals surface area contributed by atoms with Gasteiger partial charge in [-0.15, -0.1) is 5.26 Å². The summed E-state index contributed by atoms with van der Waals surface area (Å²) in [5.41, 5.74) is -0.312. The zero-order valence-corrected chi connectivity index (χ0v) is 7.21. The maximum Gasteiger partial charge on any atom is 0.425 e. The molecule has 0 aliphatic heterocycles. The van der Waals surface area contributed by atoms with Gasteiger partial charge >= 0.3 is 6.09 Å². The highest BCUT2D eigenvalue weighted by molar-refractivity contribution is 5.69. The lowest BCUT2D eigenvalue weighted by molar-refractivity contribution is 0.115. The molecule has 0 N–H and O–H groups in total. The molecule has 0 unspecified atom stereocenters. The van der Waals surface area contributed by atoms with Crippen molar-refractivity contribution in [1.82, 2.24) is 4.90 Å². The number of ether oxygens (including phenoxy) is 1. The molecule has 0 saturated carbocycles. The summed E-state index contributed by atoms with van der Waals surface area (Å²) in [6.45, 7) is 5.56. The summed E-state index contributed by atoms with van der Waals surface area (Å²) in [5, 5.41) is 8.03. The Hall–Kier alpha value is -1.24. The van der Waals surface area contributed by atoms with E-state index < -0.39 is 6.09 Å². The fourth-order valence-corrected chi connectivity index (χ4v) is 0.381. The van der Waals surface area contributed by atoms with Gasteiger partial charge < -0.3 is 9.64 Å². The minimum atomic E-state index is -0.625. The highest BCUT2D eigenvalue weighted by Crippen LogP contribution is 2.10. The number of amides is 1. The SMILES string of the molecule is CN(C(=O)OC#N)C(C)(C)C. The highest BCUT2D eigenvalue weighted by atomic mass is 16.5. The minimum absolute atomic E-state index is 0.312. The number of nitriles is 1. The monoisotopic (exact) mass is 156 g/mol. The molecule has 0 bridgehead atoms. The van der Waals surface area contributed by atoms with Crippen LogP contribution in [0.15, 0.2) is 0 Å². The fourth-order valence-electron chi connectivity index (χ4n) is 0.381. The van der Waals surface area contributed by atoms with Crippen molar-refractivity contribution in [3.8, 4) is 6.26 Å². The van der Waals surface area contributed by atoms with Gasteiger partial charge in [0.2, 0.25) is 0 Å². The lowest BCUT2D eigenvalue weighted by atomic mass is 10.1. The second-order valence-electron chi connectivity index (χ2n) is 3.19. The summed E-state index contributed by atoms with van der Waals surface area (Å²) in [4.78, 5) is 12.2. The van der Waals surface area contributed by atoms with Crippen molar-refractivity contribution in [3.05, 3.63) is 0 Å². The molecule has 4 nitrogen and oxygen atoms in total. The van der Waals surface area contributed by atoms with E-state index in [2.05, 4.69) is 4.74 Å². The maximum absolute atomic E-state index is 10.9. The van der Waals surface area contributed by atoms with Crippen LogP contribution >= 0.6 is 0 Å². The van der Waals surface area contributed by atoms with Gasteiger partial charge in [0.15, 0.2) is 0 Å². The Morgan fingerprint density at radius 3 is 2.27 bits per heavy atom. The topological polar surface area (TPSA) is 53.3 Å². The average Bonchev–Trinajstić information content (AvgIpc) is 1.85. The molecular formula is C7H12N2O2. The van der Waals surface area contributed by atoms with E-state index >= 15 is 0 Å². The molecule has 0 rings (SSSR count). The average molecular weight is 156 g/mol. The second kappa shape index (κ2) is 3.24. The Balaban J connectivity index is 4.17. The molecule has 1 amide bonds. The quantitative estimate of drug-likeness (QED) is 0.497. The van der Waals surface area contributed by atoms with E-state index in [1.807, 2.05) is 20.8 Å². The molecule has 0 aromatic heterocycles. The minimum Gasteiger partial charge on any atom is -0.333 e. The van der Waals surface area contributed by atoms with Crippen LogP contribution in [0.2, 0.25) is 0 Å². The van der Waals surface area contributed by atoms with E-state index in [1.54, 1.807) is 7.05 Å². The van der Waals surface area contributed by atoms with Gasteiger partial charge in [-0.05, 0) is 20.8 Å². The Morgan fingerprint density at radius 1 is 1.55 bits per heavy atom. The van der Waals surface area contributed by atoms with Gasteiger partial charge in [0.1, 0.15) is 0 Å². The molecule has 62 valence electrons. The van der Waals surface area contributed by atoms with Gasteiger partial charge in [-0.1, -0.05) is 0 Å². The fraction of sp³-hybridized carbons (Fsp3) is 0.714. The van der Waals surface area contributed by atoms with Crippen molar-refractivity contribution in [2.24, 2.45) is 0 Å². The Morgan fingerprint density at radius 2 is 2.00 bits per heavy atom. The number of nitrogens with zero attached hydrogens (tertiary/aromatic N) is 2. The Bertz CT molecular complexity index is 188. The summed E-state index contributed by atoms with van der Waals surface area (Å²) in [6.07, 6.45) is 0.704. The number of carbonyl (C=O) groups excluding carboxylic acids is 1. The zero-order valence-electron chi connectivity index (χ0n) is 7.21. The first kappa shape index (κ1) is 9.76. The third kappa shape index (κ3) is 2.89. The third-order valence-corrected chi connectivity index (χ3v) is 1.41. The summed E-state index contributed by atoms with van der Waals surface area (Å²) in [7, 11) is 1.58. The van der Waals surface area contributed by atoms with Gasteiger partial charge in [-0.25, -0.2) is 4.79 Å². The second-order valence-corrected chi connectivity index (χ2v) is 3.19. The standard InChI is InChI=1S/C7H12N2O2/c1-7(2,3)9(4)6(10)11-5-8/h1-4H3. The molecule has 0 aliphatic rings. The first-order valence-corrected chi connectivity index (χ1v) is 3.23. The molecule has 0 radical (unpaired) electrons. The van der Waals surface area contributed by atoms with Crippen LogP contribution in [0.1, 0.15) is 20.8 Å². The molecule has 0 aromatic rings. The van der Waals surface area contributed by atoms with Gasteiger partial charge in [-0.3, -0.25) is 0 Å². The number of hydrogen-bond donors (Lipinski definition) is 0. The van der Waals surface area contributed by atoms with Crippen molar-refractivity contribution in [1.29, 1.82) is 5.26 Å². The summed E-state index contributed by atoms with van der Waals surface area (Å²) >= 11 is 0. The van der Waals surface area contributed by atoms with E-state index in [9.17, 15) is 4.79 Å². The first-order valence-electron chi connectivity index (χ1n) is 3.23. The Labute approximate surface area is 66.4 Å². The normalized spacial score (nSPS) is 10.1. The van der Waals surface area contributed by atoms with Gasteiger partial charge in [0, 0.05) is 12.6 Å². The summed E-state index contributed by atoms with van der Waals surface area (Å²) < 4.78 is 4.12. The highest BCUT2D eigenvalue weighted by Gasteiger charge is 2.23.